The van der Waals surface area contributed by atoms with E-state index in [-0.39, 0.29) is 58.6 Å². The number of fused-ring (bicyclic) bond motifs is 5. The van der Waals surface area contributed by atoms with Crippen molar-refractivity contribution in [2.45, 2.75) is 96.9 Å². The van der Waals surface area contributed by atoms with E-state index < -0.39 is 5.60 Å². The van der Waals surface area contributed by atoms with Gasteiger partial charge in [-0.3, -0.25) is 9.59 Å². The fourth-order valence-electron chi connectivity index (χ4n) is 8.05. The molecule has 4 aliphatic carbocycles. The summed E-state index contributed by atoms with van der Waals surface area (Å²) in [5.41, 5.74) is -1.54. The van der Waals surface area contributed by atoms with Crippen molar-refractivity contribution in [3.8, 4) is 6.07 Å². The highest BCUT2D eigenvalue weighted by Crippen LogP contribution is 2.68. The second-order valence-corrected chi connectivity index (χ2v) is 10.9. The van der Waals surface area contributed by atoms with Crippen LogP contribution in [-0.2, 0) is 19.1 Å². The van der Waals surface area contributed by atoms with Gasteiger partial charge in [0.25, 0.3) is 0 Å². The van der Waals surface area contributed by atoms with E-state index in [9.17, 15) is 20.0 Å². The zero-order chi connectivity index (χ0) is 21.9. The Morgan fingerprint density at radius 3 is 2.23 bits per heavy atom. The normalized spacial score (nSPS) is 49.7. The lowest BCUT2D eigenvalue weighted by molar-refractivity contribution is -0.206. The van der Waals surface area contributed by atoms with Gasteiger partial charge < -0.3 is 14.6 Å². The number of esters is 2. The Morgan fingerprint density at radius 2 is 1.60 bits per heavy atom. The Morgan fingerprint density at radius 1 is 0.967 bits per heavy atom. The molecule has 4 saturated carbocycles. The molecule has 4 aliphatic rings. The molecule has 1 N–H and O–H groups in total. The first-order valence-corrected chi connectivity index (χ1v) is 11.5. The van der Waals surface area contributed by atoms with Crippen LogP contribution in [0.2, 0.25) is 0 Å². The summed E-state index contributed by atoms with van der Waals surface area (Å²) in [4.78, 5) is 23.1. The van der Waals surface area contributed by atoms with Crippen LogP contribution in [0.25, 0.3) is 0 Å². The summed E-state index contributed by atoms with van der Waals surface area (Å²) in [6.45, 7) is 7.43. The number of rotatable bonds is 2. The molecule has 0 aromatic rings. The summed E-state index contributed by atoms with van der Waals surface area (Å²) in [7, 11) is 0. The van der Waals surface area contributed by atoms with E-state index in [1.807, 2.05) is 0 Å². The molecular weight excluding hydrogens is 382 g/mol. The van der Waals surface area contributed by atoms with E-state index in [0.29, 0.717) is 6.42 Å². The third kappa shape index (κ3) is 3.16. The van der Waals surface area contributed by atoms with Gasteiger partial charge in [0.05, 0.1) is 6.07 Å². The first-order valence-electron chi connectivity index (χ1n) is 11.5. The van der Waals surface area contributed by atoms with Gasteiger partial charge >= 0.3 is 11.9 Å². The maximum absolute atomic E-state index is 11.7. The standard InChI is InChI=1S/C24H35NO5/c1-14(26)29-17-7-9-22(3)16(11-17)12-24(28,13-25)21-18-5-6-20(30-15(2)27)23(18,4)10-8-19(21)22/h16-21,28H,5-12H2,1-4H3. The van der Waals surface area contributed by atoms with Crippen LogP contribution in [0.1, 0.15) is 79.1 Å². The topological polar surface area (TPSA) is 96.6 Å². The third-order valence-corrected chi connectivity index (χ3v) is 9.46. The quantitative estimate of drug-likeness (QED) is 0.543. The highest BCUT2D eigenvalue weighted by molar-refractivity contribution is 5.66. The maximum Gasteiger partial charge on any atom is 0.302 e. The van der Waals surface area contributed by atoms with Crippen LogP contribution < -0.4 is 0 Å². The second-order valence-electron chi connectivity index (χ2n) is 10.9. The van der Waals surface area contributed by atoms with Crippen molar-refractivity contribution in [1.82, 2.24) is 0 Å². The highest BCUT2D eigenvalue weighted by Gasteiger charge is 2.67. The van der Waals surface area contributed by atoms with Crippen molar-refractivity contribution in [2.75, 3.05) is 0 Å². The van der Waals surface area contributed by atoms with E-state index in [1.54, 1.807) is 0 Å². The van der Waals surface area contributed by atoms with Gasteiger partial charge in [0.2, 0.25) is 0 Å². The Labute approximate surface area is 179 Å². The smallest absolute Gasteiger partial charge is 0.302 e. The first kappa shape index (κ1) is 21.6. The number of hydrogen-bond acceptors (Lipinski definition) is 6. The molecule has 0 saturated heterocycles. The summed E-state index contributed by atoms with van der Waals surface area (Å²) in [6.07, 6.45) is 6.29. The van der Waals surface area contributed by atoms with Gasteiger partial charge in [-0.1, -0.05) is 13.8 Å². The van der Waals surface area contributed by atoms with Crippen molar-refractivity contribution in [3.63, 3.8) is 0 Å². The van der Waals surface area contributed by atoms with Crippen molar-refractivity contribution in [3.05, 3.63) is 0 Å². The zero-order valence-corrected chi connectivity index (χ0v) is 18.6. The SMILES string of the molecule is CC(=O)OC1CCC2(C)C(C1)CC(O)(C#N)C1C2CCC2(C)C(OC(C)=O)CCC12. The second kappa shape index (κ2) is 7.22. The van der Waals surface area contributed by atoms with Crippen molar-refractivity contribution in [1.29, 1.82) is 5.26 Å². The molecule has 4 fully saturated rings. The Kier molecular flexibility index (Phi) is 5.20. The molecule has 0 heterocycles. The fourth-order valence-corrected chi connectivity index (χ4v) is 8.05. The average Bonchev–Trinajstić information content (AvgIpc) is 2.98. The molecule has 0 amide bonds. The molecule has 0 aromatic heterocycles. The molecule has 0 spiro atoms. The van der Waals surface area contributed by atoms with E-state index in [0.717, 1.165) is 44.9 Å². The average molecular weight is 418 g/mol. The van der Waals surface area contributed by atoms with Gasteiger partial charge in [0.1, 0.15) is 12.2 Å². The van der Waals surface area contributed by atoms with E-state index in [2.05, 4.69) is 19.9 Å². The molecule has 0 bridgehead atoms. The minimum Gasteiger partial charge on any atom is -0.463 e. The Bertz CT molecular complexity index is 776. The van der Waals surface area contributed by atoms with E-state index >= 15 is 0 Å². The van der Waals surface area contributed by atoms with Gasteiger partial charge in [0.15, 0.2) is 5.60 Å². The zero-order valence-electron chi connectivity index (χ0n) is 18.6. The number of ether oxygens (including phenoxy) is 2. The van der Waals surface area contributed by atoms with Crippen LogP contribution in [0, 0.1) is 45.8 Å². The van der Waals surface area contributed by atoms with Gasteiger partial charge in [-0.2, -0.15) is 5.26 Å². The number of nitrogens with zero attached hydrogens (tertiary/aromatic N) is 1. The Balaban J connectivity index is 1.65. The van der Waals surface area contributed by atoms with Crippen LogP contribution in [-0.4, -0.2) is 34.9 Å². The Hall–Kier alpha value is -1.61. The molecular formula is C24H35NO5. The van der Waals surface area contributed by atoms with Gasteiger partial charge in [-0.15, -0.1) is 0 Å². The van der Waals surface area contributed by atoms with Crippen LogP contribution in [0.15, 0.2) is 0 Å². The van der Waals surface area contributed by atoms with Crippen LogP contribution in [0.5, 0.6) is 0 Å². The molecule has 30 heavy (non-hydrogen) atoms. The lowest BCUT2D eigenvalue weighted by atomic mass is 9.42. The first-order chi connectivity index (χ1) is 14.0. The highest BCUT2D eigenvalue weighted by atomic mass is 16.5. The number of carbonyl (C=O) groups excluding carboxylic acids is 2. The molecule has 6 heteroatoms. The number of nitriles is 1. The van der Waals surface area contributed by atoms with Gasteiger partial charge in [-0.05, 0) is 74.5 Å². The molecule has 6 nitrogen and oxygen atoms in total. The molecule has 9 unspecified atom stereocenters. The molecule has 0 aliphatic heterocycles. The number of hydrogen-bond donors (Lipinski definition) is 1. The molecule has 166 valence electrons. The minimum absolute atomic E-state index is 0.0330. The predicted octanol–water partition coefficient (Wildman–Crippen LogP) is 3.76. The summed E-state index contributed by atoms with van der Waals surface area (Å²) in [5, 5.41) is 21.8. The van der Waals surface area contributed by atoms with Crippen LogP contribution in [0.4, 0.5) is 0 Å². The summed E-state index contributed by atoms with van der Waals surface area (Å²) in [5.74, 6) is -0.0184. The van der Waals surface area contributed by atoms with Gasteiger partial charge in [0, 0.05) is 25.2 Å². The van der Waals surface area contributed by atoms with Crippen LogP contribution in [0.3, 0.4) is 0 Å². The monoisotopic (exact) mass is 417 g/mol. The molecule has 0 radical (unpaired) electrons. The van der Waals surface area contributed by atoms with Gasteiger partial charge in [-0.25, -0.2) is 0 Å². The van der Waals surface area contributed by atoms with E-state index in [4.69, 9.17) is 9.47 Å². The van der Waals surface area contributed by atoms with Crippen molar-refractivity contribution in [2.24, 2.45) is 34.5 Å². The maximum atomic E-state index is 11.7. The lowest BCUT2D eigenvalue weighted by Crippen LogP contribution is -2.63. The molecule has 0 aromatic carbocycles. The minimum atomic E-state index is -1.38. The fraction of sp³-hybridized carbons (Fsp3) is 0.875. The number of carbonyl (C=O) groups is 2. The van der Waals surface area contributed by atoms with E-state index in [1.165, 1.54) is 13.8 Å². The lowest BCUT2D eigenvalue weighted by Gasteiger charge is -2.63. The molecule has 9 atom stereocenters. The van der Waals surface area contributed by atoms with Crippen molar-refractivity contribution < 1.29 is 24.2 Å². The summed E-state index contributed by atoms with van der Waals surface area (Å²) >= 11 is 0. The predicted molar refractivity (Wildman–Crippen MR) is 109 cm³/mol. The summed E-state index contributed by atoms with van der Waals surface area (Å²) < 4.78 is 11.2. The largest absolute Gasteiger partial charge is 0.463 e. The summed E-state index contributed by atoms with van der Waals surface area (Å²) in [6, 6.07) is 2.31. The van der Waals surface area contributed by atoms with Crippen molar-refractivity contribution >= 4 is 11.9 Å². The number of aliphatic hydroxyl groups is 1. The third-order valence-electron chi connectivity index (χ3n) is 9.46. The molecule has 4 rings (SSSR count). The van der Waals surface area contributed by atoms with Crippen LogP contribution >= 0.6 is 0 Å².